The van der Waals surface area contributed by atoms with Gasteiger partial charge in [0.1, 0.15) is 12.4 Å². The minimum atomic E-state index is -0.465. The maximum Gasteiger partial charge on any atom is 0.283 e. The smallest absolute Gasteiger partial charge is 0.283 e. The molecule has 0 saturated carbocycles. The van der Waals surface area contributed by atoms with Crippen LogP contribution in [0.5, 0.6) is 5.75 Å². The van der Waals surface area contributed by atoms with Crippen molar-refractivity contribution in [3.8, 4) is 5.75 Å². The van der Waals surface area contributed by atoms with Crippen molar-refractivity contribution in [1.29, 1.82) is 0 Å². The molecule has 0 radical (unpaired) electrons. The average molecular weight is 459 g/mol. The van der Waals surface area contributed by atoms with Gasteiger partial charge >= 0.3 is 0 Å². The third kappa shape index (κ3) is 5.04. The zero-order valence-electron chi connectivity index (χ0n) is 18.6. The summed E-state index contributed by atoms with van der Waals surface area (Å²) in [6.45, 7) is 6.21. The minimum absolute atomic E-state index is 0.347. The number of halogens is 1. The Kier molecular flexibility index (Phi) is 6.43. The Morgan fingerprint density at radius 1 is 1.00 bits per heavy atom. The van der Waals surface area contributed by atoms with Gasteiger partial charge in [-0.25, -0.2) is 0 Å². The number of nitrogens with zero attached hydrogens (tertiary/aromatic N) is 2. The third-order valence-corrected chi connectivity index (χ3v) is 5.51. The van der Waals surface area contributed by atoms with Crippen LogP contribution in [0.25, 0.3) is 6.08 Å². The molecule has 0 bridgehead atoms. The van der Waals surface area contributed by atoms with Gasteiger partial charge in [-0.05, 0) is 62.2 Å². The molecule has 1 heterocycles. The molecule has 0 atom stereocenters. The van der Waals surface area contributed by atoms with E-state index in [9.17, 15) is 9.59 Å². The molecule has 0 aliphatic carbocycles. The average Bonchev–Trinajstić information content (AvgIpc) is 3.06. The maximum absolute atomic E-state index is 12.9. The second-order valence-electron chi connectivity index (χ2n) is 8.01. The first-order valence-electron chi connectivity index (χ1n) is 10.5. The van der Waals surface area contributed by atoms with Gasteiger partial charge in [0.05, 0.1) is 16.3 Å². The van der Waals surface area contributed by atoms with Gasteiger partial charge in [0.25, 0.3) is 11.8 Å². The van der Waals surface area contributed by atoms with Gasteiger partial charge in [-0.3, -0.25) is 9.59 Å². The van der Waals surface area contributed by atoms with Crippen molar-refractivity contribution in [2.45, 2.75) is 27.4 Å². The Hall–Kier alpha value is -3.70. The van der Waals surface area contributed by atoms with Crippen LogP contribution in [0.1, 0.15) is 39.5 Å². The predicted molar refractivity (Wildman–Crippen MR) is 130 cm³/mol. The van der Waals surface area contributed by atoms with Crippen LogP contribution in [0, 0.1) is 13.8 Å². The quantitative estimate of drug-likeness (QED) is 0.349. The van der Waals surface area contributed by atoms with Gasteiger partial charge in [-0.2, -0.15) is 10.1 Å². The molecule has 0 aromatic heterocycles. The predicted octanol–water partition coefficient (Wildman–Crippen LogP) is 5.98. The van der Waals surface area contributed by atoms with Crippen LogP contribution >= 0.6 is 11.6 Å². The highest BCUT2D eigenvalue weighted by molar-refractivity contribution is 6.33. The fraction of sp³-hybridized carbons (Fsp3) is 0.148. The molecule has 2 amide bonds. The van der Waals surface area contributed by atoms with Gasteiger partial charge in [0.15, 0.2) is 0 Å². The van der Waals surface area contributed by atoms with Crippen LogP contribution in [-0.2, 0) is 11.4 Å². The Morgan fingerprint density at radius 2 is 1.70 bits per heavy atom. The molecular weight excluding hydrogens is 436 g/mol. The minimum Gasteiger partial charge on any atom is -0.487 e. The van der Waals surface area contributed by atoms with Crippen molar-refractivity contribution in [1.82, 2.24) is 5.01 Å². The van der Waals surface area contributed by atoms with E-state index >= 15 is 0 Å². The highest BCUT2D eigenvalue weighted by atomic mass is 35.5. The molecule has 0 saturated heterocycles. The van der Waals surface area contributed by atoms with Gasteiger partial charge in [-0.15, -0.1) is 0 Å². The molecule has 6 heteroatoms. The summed E-state index contributed by atoms with van der Waals surface area (Å²) in [7, 11) is 0. The second kappa shape index (κ2) is 9.43. The summed E-state index contributed by atoms with van der Waals surface area (Å²) in [6, 6.07) is 20.2. The normalized spacial score (nSPS) is 14.5. The Morgan fingerprint density at radius 3 is 2.36 bits per heavy atom. The van der Waals surface area contributed by atoms with Crippen LogP contribution in [0.15, 0.2) is 77.4 Å². The van der Waals surface area contributed by atoms with E-state index < -0.39 is 11.8 Å². The topological polar surface area (TPSA) is 59.0 Å². The molecule has 1 aliphatic heterocycles. The Bertz CT molecular complexity index is 1280. The van der Waals surface area contributed by atoms with Gasteiger partial charge < -0.3 is 4.74 Å². The van der Waals surface area contributed by atoms with E-state index in [-0.39, 0.29) is 0 Å². The van der Waals surface area contributed by atoms with Crippen molar-refractivity contribution < 1.29 is 14.3 Å². The fourth-order valence-corrected chi connectivity index (χ4v) is 3.97. The van der Waals surface area contributed by atoms with Crippen LogP contribution in [-0.4, -0.2) is 22.5 Å². The van der Waals surface area contributed by atoms with E-state index in [2.05, 4.69) is 37.1 Å². The zero-order valence-corrected chi connectivity index (χ0v) is 19.4. The molecule has 166 valence electrons. The molecule has 33 heavy (non-hydrogen) atoms. The lowest BCUT2D eigenvalue weighted by atomic mass is 10.1. The largest absolute Gasteiger partial charge is 0.487 e. The summed E-state index contributed by atoms with van der Waals surface area (Å²) in [6.07, 6.45) is 1.68. The van der Waals surface area contributed by atoms with Crippen molar-refractivity contribution in [3.63, 3.8) is 0 Å². The van der Waals surface area contributed by atoms with Gasteiger partial charge in [-0.1, -0.05) is 65.2 Å². The number of carbonyl (C=O) groups excluding carboxylic acids is 2. The number of hydrogen-bond donors (Lipinski definition) is 0. The van der Waals surface area contributed by atoms with Crippen LogP contribution < -0.4 is 4.74 Å². The van der Waals surface area contributed by atoms with Gasteiger partial charge in [0, 0.05) is 5.56 Å². The molecule has 3 aromatic rings. The summed E-state index contributed by atoms with van der Waals surface area (Å²) < 4.78 is 5.90. The Labute approximate surface area is 197 Å². The summed E-state index contributed by atoms with van der Waals surface area (Å²) in [5.74, 6) is -0.369. The number of carbonyl (C=O) groups is 2. The number of benzene rings is 3. The van der Waals surface area contributed by atoms with Gasteiger partial charge in [0.2, 0.25) is 0 Å². The maximum atomic E-state index is 12.9. The summed E-state index contributed by atoms with van der Waals surface area (Å²) in [5, 5.41) is 5.50. The van der Waals surface area contributed by atoms with Crippen molar-refractivity contribution in [2.24, 2.45) is 5.10 Å². The molecule has 0 N–H and O–H groups in total. The number of rotatable bonds is 5. The van der Waals surface area contributed by atoms with E-state index in [1.54, 1.807) is 49.4 Å². The van der Waals surface area contributed by atoms with E-state index in [1.165, 1.54) is 11.1 Å². The standard InChI is InChI=1S/C27H23ClN2O3/c1-17-11-18(2)13-21(12-17)16-33-25-10-9-20(15-24(25)28)14-23-19(3)29-30(27(23)32)26(31)22-7-5-4-6-8-22/h4-15H,16H2,1-3H3/b23-14+. The number of ether oxygens (including phenoxy) is 1. The summed E-state index contributed by atoms with van der Waals surface area (Å²) >= 11 is 6.44. The number of hydrazone groups is 1. The Balaban J connectivity index is 1.50. The number of imide groups is 1. The highest BCUT2D eigenvalue weighted by Crippen LogP contribution is 2.29. The molecule has 5 nitrogen and oxygen atoms in total. The number of aryl methyl sites for hydroxylation is 2. The molecule has 0 unspecified atom stereocenters. The van der Waals surface area contributed by atoms with Crippen molar-refractivity contribution in [3.05, 3.63) is 105 Å². The second-order valence-corrected chi connectivity index (χ2v) is 8.41. The van der Waals surface area contributed by atoms with E-state index in [0.717, 1.165) is 10.6 Å². The molecule has 3 aromatic carbocycles. The van der Waals surface area contributed by atoms with Crippen LogP contribution in [0.2, 0.25) is 5.02 Å². The van der Waals surface area contributed by atoms with Crippen LogP contribution in [0.3, 0.4) is 0 Å². The van der Waals surface area contributed by atoms with E-state index in [4.69, 9.17) is 16.3 Å². The molecule has 4 rings (SSSR count). The SMILES string of the molecule is CC1=NN(C(=O)c2ccccc2)C(=O)/C1=C/c1ccc(OCc2cc(C)cc(C)c2)c(Cl)c1. The highest BCUT2D eigenvalue weighted by Gasteiger charge is 2.32. The third-order valence-electron chi connectivity index (χ3n) is 5.22. The molecule has 0 spiro atoms. The van der Waals surface area contributed by atoms with E-state index in [1.807, 2.05) is 12.1 Å². The zero-order chi connectivity index (χ0) is 23.5. The molecule has 0 fully saturated rings. The first-order valence-corrected chi connectivity index (χ1v) is 10.9. The number of hydrogen-bond acceptors (Lipinski definition) is 4. The van der Waals surface area contributed by atoms with E-state index in [0.29, 0.717) is 39.8 Å². The summed E-state index contributed by atoms with van der Waals surface area (Å²) in [5.41, 5.74) is 5.36. The lowest BCUT2D eigenvalue weighted by Crippen LogP contribution is -2.29. The molecular formula is C27H23ClN2O3. The number of amides is 2. The summed E-state index contributed by atoms with van der Waals surface area (Å²) in [4.78, 5) is 25.5. The first kappa shape index (κ1) is 22.5. The lowest BCUT2D eigenvalue weighted by Gasteiger charge is -2.11. The molecule has 1 aliphatic rings. The fourth-order valence-electron chi connectivity index (χ4n) is 3.73. The van der Waals surface area contributed by atoms with Crippen molar-refractivity contribution >= 4 is 35.2 Å². The monoisotopic (exact) mass is 458 g/mol. The lowest BCUT2D eigenvalue weighted by molar-refractivity contribution is -0.123. The van der Waals surface area contributed by atoms with Crippen LogP contribution in [0.4, 0.5) is 0 Å². The first-order chi connectivity index (χ1) is 15.8. The van der Waals surface area contributed by atoms with Crippen molar-refractivity contribution in [2.75, 3.05) is 0 Å².